The Morgan fingerprint density at radius 2 is 1.00 bits per heavy atom. The van der Waals surface area contributed by atoms with Gasteiger partial charge in [-0.3, -0.25) is 9.97 Å². The van der Waals surface area contributed by atoms with Gasteiger partial charge in [0, 0.05) is 37.6 Å². The standard InChI is InChI=1S/C26H20N6/c1-5-15-27-19(9-1)25-21-11-3-7-17-31(21)23(29-25)13-14-24-30-26(20-10-2-6-16-28-20)22-12-4-8-18-32(22)24/h1-12,15-18H,13-14H2. The normalized spacial score (nSPS) is 11.4. The highest BCUT2D eigenvalue weighted by molar-refractivity contribution is 5.76. The molecule has 6 aromatic rings. The van der Waals surface area contributed by atoms with Gasteiger partial charge in [0.2, 0.25) is 0 Å². The van der Waals surface area contributed by atoms with E-state index in [2.05, 4.69) is 43.3 Å². The summed E-state index contributed by atoms with van der Waals surface area (Å²) in [5, 5.41) is 0. The van der Waals surface area contributed by atoms with Gasteiger partial charge in [-0.1, -0.05) is 24.3 Å². The number of aromatic nitrogens is 6. The minimum Gasteiger partial charge on any atom is -0.303 e. The van der Waals surface area contributed by atoms with E-state index in [-0.39, 0.29) is 0 Å². The number of hydrogen-bond donors (Lipinski definition) is 0. The van der Waals surface area contributed by atoms with Gasteiger partial charge in [-0.05, 0) is 48.5 Å². The van der Waals surface area contributed by atoms with Crippen LogP contribution in [0.1, 0.15) is 11.6 Å². The first-order chi connectivity index (χ1) is 15.9. The van der Waals surface area contributed by atoms with Gasteiger partial charge >= 0.3 is 0 Å². The number of pyridine rings is 4. The average molecular weight is 416 g/mol. The Labute approximate surface area is 184 Å². The van der Waals surface area contributed by atoms with Crippen LogP contribution >= 0.6 is 0 Å². The first-order valence-electron chi connectivity index (χ1n) is 10.6. The lowest BCUT2D eigenvalue weighted by molar-refractivity contribution is 0.799. The van der Waals surface area contributed by atoms with Crippen LogP contribution in [0, 0.1) is 0 Å². The van der Waals surface area contributed by atoms with Crippen molar-refractivity contribution in [2.24, 2.45) is 0 Å². The summed E-state index contributed by atoms with van der Waals surface area (Å²) >= 11 is 0. The Kier molecular flexibility index (Phi) is 4.46. The SMILES string of the molecule is c1ccc(-c2nc(CCc3nc(-c4ccccn4)c4ccccn34)n3ccccc23)nc1. The molecule has 0 unspecified atom stereocenters. The van der Waals surface area contributed by atoms with Crippen molar-refractivity contribution < 1.29 is 0 Å². The molecule has 0 aliphatic rings. The fourth-order valence-corrected chi connectivity index (χ4v) is 4.16. The minimum atomic E-state index is 0.758. The van der Waals surface area contributed by atoms with E-state index in [9.17, 15) is 0 Å². The van der Waals surface area contributed by atoms with E-state index in [1.54, 1.807) is 12.4 Å². The van der Waals surface area contributed by atoms with Gasteiger partial charge in [0.05, 0.1) is 22.4 Å². The van der Waals surface area contributed by atoms with Crippen LogP contribution in [-0.4, -0.2) is 28.7 Å². The monoisotopic (exact) mass is 416 g/mol. The van der Waals surface area contributed by atoms with Gasteiger partial charge in [-0.2, -0.15) is 0 Å². The third-order valence-corrected chi connectivity index (χ3v) is 5.63. The second-order valence-electron chi connectivity index (χ2n) is 7.59. The minimum absolute atomic E-state index is 0.758. The van der Waals surface area contributed by atoms with Crippen LogP contribution in [0.4, 0.5) is 0 Å². The first-order valence-corrected chi connectivity index (χ1v) is 10.6. The van der Waals surface area contributed by atoms with Gasteiger partial charge < -0.3 is 8.80 Å². The van der Waals surface area contributed by atoms with Gasteiger partial charge in [0.25, 0.3) is 0 Å². The van der Waals surface area contributed by atoms with E-state index in [4.69, 9.17) is 9.97 Å². The van der Waals surface area contributed by atoms with Crippen LogP contribution in [0.5, 0.6) is 0 Å². The van der Waals surface area contributed by atoms with Crippen molar-refractivity contribution in [1.29, 1.82) is 0 Å². The lowest BCUT2D eigenvalue weighted by Gasteiger charge is -2.02. The molecule has 0 aromatic carbocycles. The lowest BCUT2D eigenvalue weighted by Crippen LogP contribution is -2.01. The molecule has 0 saturated carbocycles. The molecule has 6 aromatic heterocycles. The molecule has 0 saturated heterocycles. The van der Waals surface area contributed by atoms with Crippen LogP contribution in [0.25, 0.3) is 33.8 Å². The second kappa shape index (κ2) is 7.74. The average Bonchev–Trinajstić information content (AvgIpc) is 3.43. The molecule has 0 amide bonds. The maximum Gasteiger partial charge on any atom is 0.115 e. The summed E-state index contributed by atoms with van der Waals surface area (Å²) in [4.78, 5) is 19.0. The Hall–Kier alpha value is -4.32. The zero-order valence-corrected chi connectivity index (χ0v) is 17.3. The third kappa shape index (κ3) is 3.13. The predicted octanol–water partition coefficient (Wildman–Crippen LogP) is 4.89. The molecule has 0 radical (unpaired) electrons. The van der Waals surface area contributed by atoms with Gasteiger partial charge in [-0.15, -0.1) is 0 Å². The number of hydrogen-bond acceptors (Lipinski definition) is 4. The molecule has 32 heavy (non-hydrogen) atoms. The number of rotatable bonds is 5. The first kappa shape index (κ1) is 18.4. The maximum atomic E-state index is 4.97. The number of fused-ring (bicyclic) bond motifs is 2. The summed E-state index contributed by atoms with van der Waals surface area (Å²) in [6.45, 7) is 0. The van der Waals surface area contributed by atoms with Crippen molar-refractivity contribution in [3.05, 3.63) is 109 Å². The maximum absolute atomic E-state index is 4.97. The Balaban J connectivity index is 1.39. The summed E-state index contributed by atoms with van der Waals surface area (Å²) in [6, 6.07) is 24.1. The fraction of sp³-hybridized carbons (Fsp3) is 0.0769. The molecule has 0 N–H and O–H groups in total. The molecule has 0 aliphatic carbocycles. The second-order valence-corrected chi connectivity index (χ2v) is 7.59. The molecular formula is C26H20N6. The summed E-state index contributed by atoms with van der Waals surface area (Å²) in [5.41, 5.74) is 5.69. The Morgan fingerprint density at radius 1 is 0.531 bits per heavy atom. The smallest absolute Gasteiger partial charge is 0.115 e. The van der Waals surface area contributed by atoms with Crippen molar-refractivity contribution in [2.45, 2.75) is 12.8 Å². The molecule has 0 aliphatic heterocycles. The third-order valence-electron chi connectivity index (χ3n) is 5.63. The van der Waals surface area contributed by atoms with E-state index in [1.165, 1.54) is 0 Å². The highest BCUT2D eigenvalue weighted by Gasteiger charge is 2.16. The van der Waals surface area contributed by atoms with E-state index in [0.717, 1.165) is 58.3 Å². The Morgan fingerprint density at radius 3 is 1.44 bits per heavy atom. The summed E-state index contributed by atoms with van der Waals surface area (Å²) in [6.07, 6.45) is 9.25. The van der Waals surface area contributed by atoms with Crippen molar-refractivity contribution in [2.75, 3.05) is 0 Å². The van der Waals surface area contributed by atoms with Crippen molar-refractivity contribution in [3.8, 4) is 22.8 Å². The topological polar surface area (TPSA) is 60.4 Å². The van der Waals surface area contributed by atoms with Gasteiger partial charge in [0.1, 0.15) is 23.0 Å². The molecule has 0 bridgehead atoms. The number of aryl methyl sites for hydroxylation is 2. The van der Waals surface area contributed by atoms with Gasteiger partial charge in [-0.25, -0.2) is 9.97 Å². The summed E-state index contributed by atoms with van der Waals surface area (Å²) in [7, 11) is 0. The largest absolute Gasteiger partial charge is 0.303 e. The highest BCUT2D eigenvalue weighted by Crippen LogP contribution is 2.26. The van der Waals surface area contributed by atoms with Crippen LogP contribution < -0.4 is 0 Å². The lowest BCUT2D eigenvalue weighted by atomic mass is 10.2. The molecular weight excluding hydrogens is 396 g/mol. The predicted molar refractivity (Wildman–Crippen MR) is 124 cm³/mol. The zero-order chi connectivity index (χ0) is 21.3. The number of nitrogens with zero attached hydrogens (tertiary/aromatic N) is 6. The summed E-state index contributed by atoms with van der Waals surface area (Å²) < 4.78 is 4.30. The van der Waals surface area contributed by atoms with E-state index in [0.29, 0.717) is 0 Å². The van der Waals surface area contributed by atoms with Crippen LogP contribution in [0.2, 0.25) is 0 Å². The van der Waals surface area contributed by atoms with Crippen molar-refractivity contribution in [3.63, 3.8) is 0 Å². The highest BCUT2D eigenvalue weighted by atomic mass is 15.1. The van der Waals surface area contributed by atoms with Crippen LogP contribution in [0.3, 0.4) is 0 Å². The van der Waals surface area contributed by atoms with Crippen molar-refractivity contribution >= 4 is 11.0 Å². The van der Waals surface area contributed by atoms with Gasteiger partial charge in [0.15, 0.2) is 0 Å². The molecule has 0 spiro atoms. The van der Waals surface area contributed by atoms with E-state index in [1.807, 2.05) is 60.7 Å². The van der Waals surface area contributed by atoms with Crippen LogP contribution in [-0.2, 0) is 12.8 Å². The van der Waals surface area contributed by atoms with E-state index < -0.39 is 0 Å². The molecule has 0 atom stereocenters. The van der Waals surface area contributed by atoms with Crippen molar-refractivity contribution in [1.82, 2.24) is 28.7 Å². The molecule has 6 rings (SSSR count). The quantitative estimate of drug-likeness (QED) is 0.401. The molecule has 0 fully saturated rings. The zero-order valence-electron chi connectivity index (χ0n) is 17.3. The summed E-state index contributed by atoms with van der Waals surface area (Å²) in [5.74, 6) is 1.99. The number of imidazole rings is 2. The fourth-order valence-electron chi connectivity index (χ4n) is 4.16. The molecule has 6 heterocycles. The van der Waals surface area contributed by atoms with E-state index >= 15 is 0 Å². The Bertz CT molecular complexity index is 1400. The molecule has 6 nitrogen and oxygen atoms in total. The molecule has 154 valence electrons. The van der Waals surface area contributed by atoms with Crippen LogP contribution in [0.15, 0.2) is 97.6 Å². The molecule has 6 heteroatoms.